The standard InChI is InChI=1S/C13H17NOS/c15-13(10-4-5-16-8-10)6-12-11-3-1-2-9(11)7-14-12/h4-5,8-9,11-12,14H,1-3,6-7H2. The van der Waals surface area contributed by atoms with Gasteiger partial charge in [-0.15, -0.1) is 0 Å². The van der Waals surface area contributed by atoms with Gasteiger partial charge >= 0.3 is 0 Å². The second-order valence-electron chi connectivity index (χ2n) is 5.01. The molecule has 1 saturated heterocycles. The van der Waals surface area contributed by atoms with E-state index in [1.165, 1.54) is 19.3 Å². The second kappa shape index (κ2) is 4.30. The van der Waals surface area contributed by atoms with Gasteiger partial charge in [-0.3, -0.25) is 4.79 Å². The Hall–Kier alpha value is -0.670. The highest BCUT2D eigenvalue weighted by Crippen LogP contribution is 2.38. The summed E-state index contributed by atoms with van der Waals surface area (Å²) < 4.78 is 0. The quantitative estimate of drug-likeness (QED) is 0.816. The first-order chi connectivity index (χ1) is 7.84. The summed E-state index contributed by atoms with van der Waals surface area (Å²) in [4.78, 5) is 12.0. The van der Waals surface area contributed by atoms with Crippen LogP contribution in [-0.2, 0) is 0 Å². The third-order valence-electron chi connectivity index (χ3n) is 4.13. The van der Waals surface area contributed by atoms with Crippen LogP contribution in [0.3, 0.4) is 0 Å². The van der Waals surface area contributed by atoms with Gasteiger partial charge in [0.05, 0.1) is 0 Å². The normalized spacial score (nSPS) is 32.9. The van der Waals surface area contributed by atoms with Gasteiger partial charge in [0.2, 0.25) is 0 Å². The summed E-state index contributed by atoms with van der Waals surface area (Å²) >= 11 is 1.60. The maximum Gasteiger partial charge on any atom is 0.165 e. The first-order valence-corrected chi connectivity index (χ1v) is 7.07. The summed E-state index contributed by atoms with van der Waals surface area (Å²) in [5.41, 5.74) is 0.897. The van der Waals surface area contributed by atoms with Crippen molar-refractivity contribution in [2.45, 2.75) is 31.7 Å². The molecule has 0 spiro atoms. The van der Waals surface area contributed by atoms with E-state index in [-0.39, 0.29) is 0 Å². The summed E-state index contributed by atoms with van der Waals surface area (Å²) in [6.07, 6.45) is 4.73. The Bertz CT molecular complexity index is 373. The smallest absolute Gasteiger partial charge is 0.165 e. The van der Waals surface area contributed by atoms with E-state index < -0.39 is 0 Å². The molecule has 16 heavy (non-hydrogen) atoms. The van der Waals surface area contributed by atoms with E-state index in [0.29, 0.717) is 18.2 Å². The molecule has 2 aliphatic rings. The van der Waals surface area contributed by atoms with Crippen LogP contribution in [0.15, 0.2) is 16.8 Å². The van der Waals surface area contributed by atoms with Crippen LogP contribution >= 0.6 is 11.3 Å². The molecule has 86 valence electrons. The van der Waals surface area contributed by atoms with Crippen molar-refractivity contribution in [1.29, 1.82) is 0 Å². The average Bonchev–Trinajstić information content (AvgIpc) is 2.94. The first-order valence-electron chi connectivity index (χ1n) is 6.13. The zero-order chi connectivity index (χ0) is 11.0. The van der Waals surface area contributed by atoms with E-state index in [9.17, 15) is 4.79 Å². The average molecular weight is 235 g/mol. The Kier molecular flexibility index (Phi) is 2.82. The van der Waals surface area contributed by atoms with Gasteiger partial charge in [0.1, 0.15) is 0 Å². The predicted octanol–water partition coefficient (Wildman–Crippen LogP) is 2.71. The minimum absolute atomic E-state index is 0.311. The molecule has 1 saturated carbocycles. The molecule has 1 N–H and O–H groups in total. The fraction of sp³-hybridized carbons (Fsp3) is 0.615. The topological polar surface area (TPSA) is 29.1 Å². The van der Waals surface area contributed by atoms with Crippen molar-refractivity contribution in [3.63, 3.8) is 0 Å². The number of carbonyl (C=O) groups excluding carboxylic acids is 1. The molecule has 3 rings (SSSR count). The number of carbonyl (C=O) groups is 1. The SMILES string of the molecule is O=C(CC1NCC2CCCC21)c1ccsc1. The van der Waals surface area contributed by atoms with Crippen molar-refractivity contribution in [1.82, 2.24) is 5.32 Å². The number of hydrogen-bond donors (Lipinski definition) is 1. The van der Waals surface area contributed by atoms with E-state index in [1.54, 1.807) is 11.3 Å². The fourth-order valence-corrected chi connectivity index (χ4v) is 3.93. The lowest BCUT2D eigenvalue weighted by molar-refractivity contribution is 0.0964. The molecular weight excluding hydrogens is 218 g/mol. The number of hydrogen-bond acceptors (Lipinski definition) is 3. The van der Waals surface area contributed by atoms with E-state index in [0.717, 1.165) is 23.9 Å². The summed E-state index contributed by atoms with van der Waals surface area (Å²) in [5.74, 6) is 1.93. The molecular formula is C13H17NOS. The van der Waals surface area contributed by atoms with Crippen LogP contribution in [0.1, 0.15) is 36.0 Å². The van der Waals surface area contributed by atoms with Crippen molar-refractivity contribution in [3.05, 3.63) is 22.4 Å². The predicted molar refractivity (Wildman–Crippen MR) is 65.9 cm³/mol. The van der Waals surface area contributed by atoms with Crippen LogP contribution in [-0.4, -0.2) is 18.4 Å². The molecule has 3 unspecified atom stereocenters. The van der Waals surface area contributed by atoms with Crippen LogP contribution < -0.4 is 5.32 Å². The summed E-state index contributed by atoms with van der Waals surface area (Å²) in [5, 5.41) is 7.48. The minimum atomic E-state index is 0.311. The molecule has 1 aromatic heterocycles. The van der Waals surface area contributed by atoms with Crippen molar-refractivity contribution in [3.8, 4) is 0 Å². The van der Waals surface area contributed by atoms with Crippen LogP contribution in [0, 0.1) is 11.8 Å². The molecule has 2 nitrogen and oxygen atoms in total. The highest BCUT2D eigenvalue weighted by molar-refractivity contribution is 7.08. The lowest BCUT2D eigenvalue weighted by atomic mass is 9.90. The minimum Gasteiger partial charge on any atom is -0.313 e. The molecule has 2 fully saturated rings. The molecule has 0 amide bonds. The van der Waals surface area contributed by atoms with Gasteiger partial charge in [0.15, 0.2) is 5.78 Å². The van der Waals surface area contributed by atoms with E-state index in [2.05, 4.69) is 5.32 Å². The summed E-state index contributed by atoms with van der Waals surface area (Å²) in [7, 11) is 0. The molecule has 1 aromatic rings. The zero-order valence-electron chi connectivity index (χ0n) is 9.32. The Morgan fingerprint density at radius 3 is 3.25 bits per heavy atom. The lowest BCUT2D eigenvalue weighted by Crippen LogP contribution is -2.29. The van der Waals surface area contributed by atoms with Crippen molar-refractivity contribution >= 4 is 17.1 Å². The van der Waals surface area contributed by atoms with Gasteiger partial charge in [-0.25, -0.2) is 0 Å². The maximum atomic E-state index is 12.0. The Labute approximate surface area is 100 Å². The first kappa shape index (κ1) is 10.5. The lowest BCUT2D eigenvalue weighted by Gasteiger charge is -2.16. The number of ketones is 1. The molecule has 0 aromatic carbocycles. The Morgan fingerprint density at radius 1 is 1.50 bits per heavy atom. The van der Waals surface area contributed by atoms with Gasteiger partial charge in [0, 0.05) is 23.4 Å². The number of fused-ring (bicyclic) bond motifs is 1. The van der Waals surface area contributed by atoms with E-state index >= 15 is 0 Å². The number of rotatable bonds is 3. The van der Waals surface area contributed by atoms with Crippen LogP contribution in [0.4, 0.5) is 0 Å². The molecule has 0 radical (unpaired) electrons. The van der Waals surface area contributed by atoms with Gasteiger partial charge < -0.3 is 5.32 Å². The van der Waals surface area contributed by atoms with Crippen molar-refractivity contribution < 1.29 is 4.79 Å². The van der Waals surface area contributed by atoms with Gasteiger partial charge in [-0.05, 0) is 42.7 Å². The van der Waals surface area contributed by atoms with Gasteiger partial charge in [-0.2, -0.15) is 11.3 Å². The highest BCUT2D eigenvalue weighted by Gasteiger charge is 2.39. The molecule has 3 atom stereocenters. The van der Waals surface area contributed by atoms with Gasteiger partial charge in [0.25, 0.3) is 0 Å². The Morgan fingerprint density at radius 2 is 2.44 bits per heavy atom. The van der Waals surface area contributed by atoms with Crippen molar-refractivity contribution in [2.24, 2.45) is 11.8 Å². The molecule has 1 aliphatic heterocycles. The highest BCUT2D eigenvalue weighted by atomic mass is 32.1. The number of thiophene rings is 1. The van der Waals surface area contributed by atoms with Crippen LogP contribution in [0.2, 0.25) is 0 Å². The van der Waals surface area contributed by atoms with Gasteiger partial charge in [-0.1, -0.05) is 6.42 Å². The second-order valence-corrected chi connectivity index (χ2v) is 5.79. The van der Waals surface area contributed by atoms with E-state index in [4.69, 9.17) is 0 Å². The zero-order valence-corrected chi connectivity index (χ0v) is 10.1. The molecule has 1 aliphatic carbocycles. The number of nitrogens with one attached hydrogen (secondary N) is 1. The fourth-order valence-electron chi connectivity index (χ4n) is 3.27. The van der Waals surface area contributed by atoms with E-state index in [1.807, 2.05) is 16.8 Å². The number of Topliss-reactive ketones (excluding diaryl/α,β-unsaturated/α-hetero) is 1. The largest absolute Gasteiger partial charge is 0.313 e. The summed E-state index contributed by atoms with van der Waals surface area (Å²) in [6.45, 7) is 1.13. The molecule has 0 bridgehead atoms. The molecule has 2 heterocycles. The third kappa shape index (κ3) is 1.82. The monoisotopic (exact) mass is 235 g/mol. The van der Waals surface area contributed by atoms with Crippen LogP contribution in [0.5, 0.6) is 0 Å². The van der Waals surface area contributed by atoms with Crippen LogP contribution in [0.25, 0.3) is 0 Å². The molecule has 3 heteroatoms. The van der Waals surface area contributed by atoms with Crippen molar-refractivity contribution in [2.75, 3.05) is 6.54 Å². The summed E-state index contributed by atoms with van der Waals surface area (Å²) in [6, 6.07) is 2.38. The maximum absolute atomic E-state index is 12.0. The third-order valence-corrected chi connectivity index (χ3v) is 4.81. The Balaban J connectivity index is 1.65.